The first-order chi connectivity index (χ1) is 9.63. The zero-order chi connectivity index (χ0) is 14.2. The van der Waals surface area contributed by atoms with Gasteiger partial charge >= 0.3 is 0 Å². The van der Waals surface area contributed by atoms with E-state index in [1.54, 1.807) is 12.1 Å². The summed E-state index contributed by atoms with van der Waals surface area (Å²) in [5, 5.41) is 3.01. The molecule has 3 nitrogen and oxygen atoms in total. The van der Waals surface area contributed by atoms with Crippen LogP contribution in [0.1, 0.15) is 23.2 Å². The summed E-state index contributed by atoms with van der Waals surface area (Å²) in [4.78, 5) is 12.2. The summed E-state index contributed by atoms with van der Waals surface area (Å²) >= 11 is 6.11. The van der Waals surface area contributed by atoms with Crippen molar-refractivity contribution < 1.29 is 26.1 Å². The molecule has 3 saturated heterocycles. The van der Waals surface area contributed by atoms with E-state index in [0.717, 1.165) is 37.0 Å². The maximum Gasteiger partial charge on any atom is 0.254 e. The zero-order valence-corrected chi connectivity index (χ0v) is 13.2. The Morgan fingerprint density at radius 2 is 2.00 bits per heavy atom. The van der Waals surface area contributed by atoms with Crippen LogP contribution in [0.15, 0.2) is 24.3 Å². The van der Waals surface area contributed by atoms with Gasteiger partial charge in [-0.25, -0.2) is 4.39 Å². The largest absolute Gasteiger partial charge is 1.00 e. The maximum absolute atomic E-state index is 13.6. The zero-order valence-electron chi connectivity index (χ0n) is 11.7. The average Bonchev–Trinajstić information content (AvgIpc) is 2.49. The number of amides is 1. The third kappa shape index (κ3) is 3.17. The van der Waals surface area contributed by atoms with Gasteiger partial charge in [-0.1, -0.05) is 23.7 Å². The average molecular weight is 333 g/mol. The lowest BCUT2D eigenvalue weighted by molar-refractivity contribution is -0.933. The van der Waals surface area contributed by atoms with E-state index in [1.165, 1.54) is 12.1 Å². The Labute approximate surface area is 135 Å². The van der Waals surface area contributed by atoms with E-state index in [1.807, 2.05) is 0 Å². The lowest BCUT2D eigenvalue weighted by Gasteiger charge is -2.51. The van der Waals surface area contributed by atoms with Crippen molar-refractivity contribution in [1.82, 2.24) is 5.32 Å². The fourth-order valence-electron chi connectivity index (χ4n) is 3.51. The second-order valence-corrected chi connectivity index (χ2v) is 6.23. The van der Waals surface area contributed by atoms with Crippen LogP contribution in [0.5, 0.6) is 0 Å². The molecule has 1 atom stereocenters. The summed E-state index contributed by atoms with van der Waals surface area (Å²) in [7, 11) is 0. The predicted octanol–water partition coefficient (Wildman–Crippen LogP) is -0.635. The number of rotatable bonds is 3. The van der Waals surface area contributed by atoms with Gasteiger partial charge in [0.05, 0.1) is 24.7 Å². The molecule has 21 heavy (non-hydrogen) atoms. The molecule has 3 aliphatic heterocycles. The molecule has 2 bridgehead atoms. The van der Waals surface area contributed by atoms with E-state index in [-0.39, 0.29) is 29.9 Å². The van der Waals surface area contributed by atoms with Gasteiger partial charge in [0, 0.05) is 12.8 Å². The van der Waals surface area contributed by atoms with Crippen LogP contribution in [0.2, 0.25) is 0 Å². The predicted molar refractivity (Wildman–Crippen MR) is 76.0 cm³/mol. The van der Waals surface area contributed by atoms with Crippen LogP contribution >= 0.6 is 11.6 Å². The number of hydrogen-bond acceptors (Lipinski definition) is 1. The summed E-state index contributed by atoms with van der Waals surface area (Å²) in [6, 6.07) is 6.83. The number of carbonyl (C=O) groups is 1. The van der Waals surface area contributed by atoms with Gasteiger partial charge in [-0.3, -0.25) is 4.79 Å². The highest BCUT2D eigenvalue weighted by molar-refractivity contribution is 6.17. The molecule has 0 aliphatic carbocycles. The number of quaternary nitrogens is 1. The van der Waals surface area contributed by atoms with E-state index < -0.39 is 5.82 Å². The van der Waals surface area contributed by atoms with Gasteiger partial charge in [0.1, 0.15) is 12.4 Å². The van der Waals surface area contributed by atoms with Gasteiger partial charge in [-0.05, 0) is 18.1 Å². The summed E-state index contributed by atoms with van der Waals surface area (Å²) < 4.78 is 14.5. The monoisotopic (exact) mass is 332 g/mol. The molecule has 3 heterocycles. The lowest BCUT2D eigenvalue weighted by Crippen LogP contribution is -3.00. The van der Waals surface area contributed by atoms with E-state index >= 15 is 0 Å². The number of fused-ring (bicyclic) bond motifs is 3. The van der Waals surface area contributed by atoms with Crippen LogP contribution in [0.25, 0.3) is 0 Å². The summed E-state index contributed by atoms with van der Waals surface area (Å²) in [6.07, 6.45) is 2.18. The molecule has 3 fully saturated rings. The Balaban J connectivity index is 0.00000161. The Morgan fingerprint density at radius 3 is 2.62 bits per heavy atom. The Hall–Kier alpha value is -0.840. The maximum atomic E-state index is 13.6. The molecule has 0 aromatic heterocycles. The third-order valence-corrected chi connectivity index (χ3v) is 5.30. The van der Waals surface area contributed by atoms with Crippen molar-refractivity contribution in [3.05, 3.63) is 35.6 Å². The van der Waals surface area contributed by atoms with E-state index in [2.05, 4.69) is 5.32 Å². The Kier molecular flexibility index (Phi) is 5.12. The molecule has 1 aromatic rings. The molecule has 116 valence electrons. The summed E-state index contributed by atoms with van der Waals surface area (Å²) in [6.45, 7) is 3.06. The highest BCUT2D eigenvalue weighted by Gasteiger charge is 2.45. The van der Waals surface area contributed by atoms with Gasteiger partial charge < -0.3 is 22.2 Å². The molecule has 0 radical (unpaired) electrons. The van der Waals surface area contributed by atoms with E-state index in [9.17, 15) is 9.18 Å². The highest BCUT2D eigenvalue weighted by atomic mass is 35.5. The van der Waals surface area contributed by atoms with Gasteiger partial charge in [-0.15, -0.1) is 0 Å². The highest BCUT2D eigenvalue weighted by Crippen LogP contribution is 2.34. The second kappa shape index (κ2) is 6.51. The van der Waals surface area contributed by atoms with Crippen LogP contribution in [-0.4, -0.2) is 42.1 Å². The number of piperidine rings is 3. The molecular formula is C15H19Cl2FN2O. The minimum atomic E-state index is -0.465. The molecule has 3 aliphatic rings. The van der Waals surface area contributed by atoms with E-state index in [0.29, 0.717) is 11.9 Å². The fourth-order valence-corrected chi connectivity index (χ4v) is 3.85. The van der Waals surface area contributed by atoms with Crippen LogP contribution in [0, 0.1) is 11.7 Å². The van der Waals surface area contributed by atoms with Crippen LogP contribution in [0.4, 0.5) is 4.39 Å². The van der Waals surface area contributed by atoms with Crippen molar-refractivity contribution >= 4 is 17.5 Å². The van der Waals surface area contributed by atoms with Gasteiger partial charge in [0.15, 0.2) is 6.00 Å². The van der Waals surface area contributed by atoms with E-state index in [4.69, 9.17) is 11.6 Å². The molecule has 0 spiro atoms. The van der Waals surface area contributed by atoms with Gasteiger partial charge in [-0.2, -0.15) is 0 Å². The number of alkyl halides is 1. The summed E-state index contributed by atoms with van der Waals surface area (Å²) in [5.74, 6) is -0.268. The fraction of sp³-hybridized carbons (Fsp3) is 0.533. The number of nitrogens with zero attached hydrogens (tertiary/aromatic N) is 1. The van der Waals surface area contributed by atoms with Crippen molar-refractivity contribution in [3.8, 4) is 0 Å². The molecule has 1 N–H and O–H groups in total. The number of hydrogen-bond donors (Lipinski definition) is 1. The first-order valence-corrected chi connectivity index (χ1v) is 7.63. The van der Waals surface area contributed by atoms with Crippen molar-refractivity contribution in [2.75, 3.05) is 25.6 Å². The van der Waals surface area contributed by atoms with Crippen molar-refractivity contribution in [2.45, 2.75) is 18.9 Å². The van der Waals surface area contributed by atoms with Gasteiger partial charge in [0.25, 0.3) is 5.91 Å². The molecule has 0 unspecified atom stereocenters. The second-order valence-electron chi connectivity index (χ2n) is 5.99. The minimum absolute atomic E-state index is 0. The molecular weight excluding hydrogens is 314 g/mol. The normalized spacial score (nSPS) is 30.6. The first-order valence-electron chi connectivity index (χ1n) is 7.10. The standard InChI is InChI=1S/C15H18ClFN2O.ClH/c16-10-19-7-5-11(6-8-19)14(9-19)18-15(20)12-3-1-2-4-13(12)17;/h1-4,11,14H,5-10H2;1H/t11?,14-,19?;/m0./s1. The Morgan fingerprint density at radius 1 is 1.33 bits per heavy atom. The van der Waals surface area contributed by atoms with Crippen LogP contribution < -0.4 is 17.7 Å². The quantitative estimate of drug-likeness (QED) is 0.445. The topological polar surface area (TPSA) is 29.1 Å². The summed E-state index contributed by atoms with van der Waals surface area (Å²) in [5.41, 5.74) is 0.126. The molecule has 6 heteroatoms. The first kappa shape index (κ1) is 16.5. The molecule has 1 amide bonds. The molecule has 1 aromatic carbocycles. The number of nitrogens with one attached hydrogen (secondary N) is 1. The number of benzene rings is 1. The number of carbonyl (C=O) groups excluding carboxylic acids is 1. The Bertz CT molecular complexity index is 518. The minimum Gasteiger partial charge on any atom is -1.00 e. The lowest BCUT2D eigenvalue weighted by atomic mass is 9.82. The SMILES string of the molecule is O=C(N[C@H]1C[N+]2(CCl)CCC1CC2)c1ccccc1F.[Cl-]. The van der Waals surface area contributed by atoms with Crippen molar-refractivity contribution in [1.29, 1.82) is 0 Å². The van der Waals surface area contributed by atoms with Crippen molar-refractivity contribution in [2.24, 2.45) is 5.92 Å². The van der Waals surface area contributed by atoms with Crippen LogP contribution in [0.3, 0.4) is 0 Å². The molecule has 0 saturated carbocycles. The van der Waals surface area contributed by atoms with Crippen molar-refractivity contribution in [3.63, 3.8) is 0 Å². The third-order valence-electron chi connectivity index (χ3n) is 4.79. The van der Waals surface area contributed by atoms with Crippen LogP contribution in [-0.2, 0) is 0 Å². The molecule has 4 rings (SSSR count). The smallest absolute Gasteiger partial charge is 0.254 e. The number of halogens is 3. The van der Waals surface area contributed by atoms with Gasteiger partial charge in [0.2, 0.25) is 0 Å².